The van der Waals surface area contributed by atoms with Gasteiger partial charge in [0.2, 0.25) is 5.69 Å². The SMILES string of the molecule is COc1cc(-c2cccc(C(=O)NCc3cccc[n+]3[O-])c2)ccc1OC(F)(F)F. The summed E-state index contributed by atoms with van der Waals surface area (Å²) in [6.45, 7) is 0.0463. The van der Waals surface area contributed by atoms with Crippen LogP contribution in [0.15, 0.2) is 66.9 Å². The number of amides is 1. The van der Waals surface area contributed by atoms with E-state index in [0.29, 0.717) is 27.1 Å². The Labute approximate surface area is 170 Å². The smallest absolute Gasteiger partial charge is 0.573 e. The van der Waals surface area contributed by atoms with Crippen LogP contribution in [0.3, 0.4) is 0 Å². The minimum atomic E-state index is -4.84. The van der Waals surface area contributed by atoms with Gasteiger partial charge in [0, 0.05) is 17.7 Å². The summed E-state index contributed by atoms with van der Waals surface area (Å²) >= 11 is 0. The van der Waals surface area contributed by atoms with Crippen molar-refractivity contribution in [3.05, 3.63) is 83.3 Å². The molecule has 1 amide bonds. The van der Waals surface area contributed by atoms with Gasteiger partial charge in [0.05, 0.1) is 7.11 Å². The van der Waals surface area contributed by atoms with Crippen molar-refractivity contribution >= 4 is 5.91 Å². The molecule has 0 spiro atoms. The first-order valence-corrected chi connectivity index (χ1v) is 8.76. The molecule has 0 aliphatic heterocycles. The number of alkyl halides is 3. The van der Waals surface area contributed by atoms with Crippen LogP contribution in [0.4, 0.5) is 13.2 Å². The van der Waals surface area contributed by atoms with Crippen LogP contribution in [0.2, 0.25) is 0 Å². The van der Waals surface area contributed by atoms with Gasteiger partial charge < -0.3 is 20.0 Å². The zero-order valence-corrected chi connectivity index (χ0v) is 15.8. The maximum absolute atomic E-state index is 12.5. The molecule has 9 heteroatoms. The molecule has 0 unspecified atom stereocenters. The van der Waals surface area contributed by atoms with Crippen molar-refractivity contribution in [1.82, 2.24) is 5.32 Å². The topological polar surface area (TPSA) is 74.5 Å². The highest BCUT2D eigenvalue weighted by molar-refractivity contribution is 5.95. The highest BCUT2D eigenvalue weighted by Gasteiger charge is 2.32. The van der Waals surface area contributed by atoms with Crippen molar-refractivity contribution < 1.29 is 32.2 Å². The summed E-state index contributed by atoms with van der Waals surface area (Å²) in [5, 5.41) is 14.3. The Balaban J connectivity index is 1.79. The molecule has 0 fully saturated rings. The van der Waals surface area contributed by atoms with Crippen LogP contribution in [0.1, 0.15) is 16.1 Å². The summed E-state index contributed by atoms with van der Waals surface area (Å²) in [5.41, 5.74) is 1.84. The first-order chi connectivity index (χ1) is 14.3. The van der Waals surface area contributed by atoms with Crippen molar-refractivity contribution in [3.63, 3.8) is 0 Å². The lowest BCUT2D eigenvalue weighted by molar-refractivity contribution is -0.614. The van der Waals surface area contributed by atoms with Gasteiger partial charge in [-0.25, -0.2) is 0 Å². The molecule has 0 saturated carbocycles. The minimum Gasteiger partial charge on any atom is -0.618 e. The van der Waals surface area contributed by atoms with Crippen LogP contribution in [-0.2, 0) is 6.54 Å². The third kappa shape index (κ3) is 5.19. The minimum absolute atomic E-state index is 0.0463. The van der Waals surface area contributed by atoms with E-state index in [9.17, 15) is 23.2 Å². The van der Waals surface area contributed by atoms with Gasteiger partial charge in [-0.2, -0.15) is 4.73 Å². The van der Waals surface area contributed by atoms with Crippen LogP contribution in [-0.4, -0.2) is 19.4 Å². The average molecular weight is 418 g/mol. The van der Waals surface area contributed by atoms with Gasteiger partial charge in [0.15, 0.2) is 17.7 Å². The molecule has 156 valence electrons. The van der Waals surface area contributed by atoms with Gasteiger partial charge in [-0.05, 0) is 41.5 Å². The van der Waals surface area contributed by atoms with Crippen molar-refractivity contribution in [1.29, 1.82) is 0 Å². The molecule has 3 rings (SSSR count). The predicted molar refractivity (Wildman–Crippen MR) is 102 cm³/mol. The Morgan fingerprint density at radius 2 is 1.80 bits per heavy atom. The fourth-order valence-corrected chi connectivity index (χ4v) is 2.77. The number of aromatic nitrogens is 1. The van der Waals surface area contributed by atoms with Crippen molar-refractivity contribution in [2.45, 2.75) is 12.9 Å². The largest absolute Gasteiger partial charge is 0.618 e. The number of carbonyl (C=O) groups is 1. The molecule has 0 aliphatic carbocycles. The van der Waals surface area contributed by atoms with Gasteiger partial charge in [0.25, 0.3) is 5.91 Å². The normalized spacial score (nSPS) is 11.1. The Kier molecular flexibility index (Phi) is 6.10. The molecule has 2 aromatic carbocycles. The van der Waals surface area contributed by atoms with E-state index in [1.807, 2.05) is 0 Å². The van der Waals surface area contributed by atoms with Crippen LogP contribution in [0.5, 0.6) is 11.5 Å². The second kappa shape index (κ2) is 8.73. The number of methoxy groups -OCH3 is 1. The zero-order chi connectivity index (χ0) is 21.7. The second-order valence-corrected chi connectivity index (χ2v) is 6.19. The maximum atomic E-state index is 12.5. The number of benzene rings is 2. The molecule has 0 bridgehead atoms. The monoisotopic (exact) mass is 418 g/mol. The van der Waals surface area contributed by atoms with Crippen molar-refractivity contribution in [2.24, 2.45) is 0 Å². The van der Waals surface area contributed by atoms with E-state index in [1.165, 1.54) is 25.4 Å². The first-order valence-electron chi connectivity index (χ1n) is 8.76. The van der Waals surface area contributed by atoms with Crippen molar-refractivity contribution in [2.75, 3.05) is 7.11 Å². The van der Waals surface area contributed by atoms with Crippen LogP contribution in [0.25, 0.3) is 11.1 Å². The Hall–Kier alpha value is -3.75. The fraction of sp³-hybridized carbons (Fsp3) is 0.143. The van der Waals surface area contributed by atoms with E-state index in [2.05, 4.69) is 10.1 Å². The van der Waals surface area contributed by atoms with Crippen LogP contribution < -0.4 is 19.5 Å². The molecular weight excluding hydrogens is 401 g/mol. The molecule has 6 nitrogen and oxygen atoms in total. The lowest BCUT2D eigenvalue weighted by Crippen LogP contribution is -2.35. The highest BCUT2D eigenvalue weighted by atomic mass is 19.4. The molecule has 0 aliphatic rings. The molecule has 0 saturated heterocycles. The highest BCUT2D eigenvalue weighted by Crippen LogP contribution is 2.35. The first kappa shape index (κ1) is 21.0. The van der Waals surface area contributed by atoms with Gasteiger partial charge >= 0.3 is 6.36 Å². The summed E-state index contributed by atoms with van der Waals surface area (Å²) in [5.74, 6) is -0.954. The van der Waals surface area contributed by atoms with Crippen molar-refractivity contribution in [3.8, 4) is 22.6 Å². The fourth-order valence-electron chi connectivity index (χ4n) is 2.77. The predicted octanol–water partition coefficient (Wildman–Crippen LogP) is 3.82. The van der Waals surface area contributed by atoms with Gasteiger partial charge in [0.1, 0.15) is 6.54 Å². The number of nitrogens with one attached hydrogen (secondary N) is 1. The van der Waals surface area contributed by atoms with E-state index >= 15 is 0 Å². The molecule has 30 heavy (non-hydrogen) atoms. The number of halogens is 3. The van der Waals surface area contributed by atoms with Crippen LogP contribution >= 0.6 is 0 Å². The molecule has 0 radical (unpaired) electrons. The molecule has 1 aromatic heterocycles. The Morgan fingerprint density at radius 3 is 2.50 bits per heavy atom. The van der Waals surface area contributed by atoms with Crippen LogP contribution in [0, 0.1) is 5.21 Å². The maximum Gasteiger partial charge on any atom is 0.573 e. The average Bonchev–Trinajstić information content (AvgIpc) is 2.72. The number of nitrogens with zero attached hydrogens (tertiary/aromatic N) is 1. The summed E-state index contributed by atoms with van der Waals surface area (Å²) in [7, 11) is 1.23. The molecule has 1 heterocycles. The van der Waals surface area contributed by atoms with Gasteiger partial charge in [-0.1, -0.05) is 18.2 Å². The van der Waals surface area contributed by atoms with E-state index in [4.69, 9.17) is 4.74 Å². The zero-order valence-electron chi connectivity index (χ0n) is 15.8. The third-order valence-electron chi connectivity index (χ3n) is 4.18. The molecular formula is C21H17F3N2O4. The van der Waals surface area contributed by atoms with E-state index in [-0.39, 0.29) is 12.3 Å². The number of hydrogen-bond donors (Lipinski definition) is 1. The standard InChI is InChI=1S/C21H17F3N2O4/c1-29-19-12-15(8-9-18(19)30-21(22,23)24)14-5-4-6-16(11-14)20(27)25-13-17-7-2-3-10-26(17)28/h2-12H,13H2,1H3,(H,25,27). The molecule has 3 aromatic rings. The molecule has 1 N–H and O–H groups in total. The summed E-state index contributed by atoms with van der Waals surface area (Å²) in [6.07, 6.45) is -3.50. The van der Waals surface area contributed by atoms with E-state index in [0.717, 1.165) is 6.07 Å². The third-order valence-corrected chi connectivity index (χ3v) is 4.18. The lowest BCUT2D eigenvalue weighted by atomic mass is 10.0. The van der Waals surface area contributed by atoms with E-state index in [1.54, 1.807) is 42.5 Å². The number of pyridine rings is 1. The van der Waals surface area contributed by atoms with E-state index < -0.39 is 18.0 Å². The molecule has 0 atom stereocenters. The number of carbonyl (C=O) groups excluding carboxylic acids is 1. The number of rotatable bonds is 6. The summed E-state index contributed by atoms with van der Waals surface area (Å²) in [6, 6.07) is 15.4. The summed E-state index contributed by atoms with van der Waals surface area (Å²) in [4.78, 5) is 12.5. The number of ether oxygens (including phenoxy) is 2. The quantitative estimate of drug-likeness (QED) is 0.488. The number of hydrogen-bond acceptors (Lipinski definition) is 4. The Bertz CT molecular complexity index is 1050. The Morgan fingerprint density at radius 1 is 1.03 bits per heavy atom. The second-order valence-electron chi connectivity index (χ2n) is 6.19. The van der Waals surface area contributed by atoms with Gasteiger partial charge in [-0.15, -0.1) is 13.2 Å². The van der Waals surface area contributed by atoms with Gasteiger partial charge in [-0.3, -0.25) is 4.79 Å². The lowest BCUT2D eigenvalue weighted by Gasteiger charge is -2.14. The summed E-state index contributed by atoms with van der Waals surface area (Å²) < 4.78 is 47.1.